The van der Waals surface area contributed by atoms with Crippen molar-refractivity contribution in [2.75, 3.05) is 5.32 Å². The van der Waals surface area contributed by atoms with Gasteiger partial charge in [0, 0.05) is 21.2 Å². The van der Waals surface area contributed by atoms with Gasteiger partial charge >= 0.3 is 0 Å². The van der Waals surface area contributed by atoms with Gasteiger partial charge in [-0.25, -0.2) is 0 Å². The summed E-state index contributed by atoms with van der Waals surface area (Å²) in [6.07, 6.45) is 0.847. The fraction of sp³-hybridized carbons (Fsp3) is 0.357. The van der Waals surface area contributed by atoms with E-state index < -0.39 is 0 Å². The van der Waals surface area contributed by atoms with Gasteiger partial charge in [0.25, 0.3) is 0 Å². The predicted octanol–water partition coefficient (Wildman–Crippen LogP) is 5.26. The molecule has 1 aromatic heterocycles. The summed E-state index contributed by atoms with van der Waals surface area (Å²) in [5.74, 6) is 0. The number of aryl methyl sites for hydroxylation is 2. The first kappa shape index (κ1) is 15.9. The molecule has 0 bridgehead atoms. The lowest BCUT2D eigenvalue weighted by molar-refractivity contribution is 0.619. The lowest BCUT2D eigenvalue weighted by Crippen LogP contribution is -2.08. The van der Waals surface area contributed by atoms with E-state index in [9.17, 15) is 0 Å². The van der Waals surface area contributed by atoms with E-state index in [0.717, 1.165) is 44.0 Å². The van der Waals surface area contributed by atoms with Gasteiger partial charge in [-0.3, -0.25) is 4.68 Å². The maximum absolute atomic E-state index is 6.40. The first-order valence-corrected chi connectivity index (χ1v) is 8.46. The smallest absolute Gasteiger partial charge is 0.0868 e. The van der Waals surface area contributed by atoms with Gasteiger partial charge in [0.1, 0.15) is 0 Å². The summed E-state index contributed by atoms with van der Waals surface area (Å²) >= 11 is 13.4. The maximum Gasteiger partial charge on any atom is 0.0868 e. The van der Waals surface area contributed by atoms with E-state index in [2.05, 4.69) is 56.1 Å². The van der Waals surface area contributed by atoms with Crippen molar-refractivity contribution in [3.63, 3.8) is 0 Å². The SMILES string of the molecule is CCc1nn(CC)c(CNc2cc(Br)ccc2Br)c1Cl. The molecule has 0 unspecified atom stereocenters. The van der Waals surface area contributed by atoms with Crippen LogP contribution in [-0.4, -0.2) is 9.78 Å². The highest BCUT2D eigenvalue weighted by Gasteiger charge is 2.14. The van der Waals surface area contributed by atoms with Gasteiger partial charge in [-0.2, -0.15) is 5.10 Å². The largest absolute Gasteiger partial charge is 0.378 e. The highest BCUT2D eigenvalue weighted by atomic mass is 79.9. The normalized spacial score (nSPS) is 10.8. The van der Waals surface area contributed by atoms with Crippen molar-refractivity contribution in [1.29, 1.82) is 0 Å². The molecule has 0 aliphatic heterocycles. The fourth-order valence-corrected chi connectivity index (χ4v) is 3.08. The van der Waals surface area contributed by atoms with Crippen LogP contribution in [0, 0.1) is 0 Å². The number of rotatable bonds is 5. The number of halogens is 3. The van der Waals surface area contributed by atoms with E-state index >= 15 is 0 Å². The van der Waals surface area contributed by atoms with Crippen molar-refractivity contribution in [1.82, 2.24) is 9.78 Å². The number of anilines is 1. The molecular weight excluding hydrogens is 405 g/mol. The monoisotopic (exact) mass is 419 g/mol. The van der Waals surface area contributed by atoms with E-state index in [1.807, 2.05) is 22.9 Å². The van der Waals surface area contributed by atoms with Crippen molar-refractivity contribution in [3.8, 4) is 0 Å². The molecule has 0 amide bonds. The Labute approximate surface area is 141 Å². The zero-order valence-electron chi connectivity index (χ0n) is 11.4. The second kappa shape index (κ2) is 6.96. The Morgan fingerprint density at radius 2 is 2.05 bits per heavy atom. The Bertz CT molecular complexity index is 611. The lowest BCUT2D eigenvalue weighted by Gasteiger charge is -2.10. The number of nitrogens with zero attached hydrogens (tertiary/aromatic N) is 2. The predicted molar refractivity (Wildman–Crippen MR) is 91.5 cm³/mol. The molecule has 1 heterocycles. The molecule has 20 heavy (non-hydrogen) atoms. The summed E-state index contributed by atoms with van der Waals surface area (Å²) in [6.45, 7) is 5.60. The lowest BCUT2D eigenvalue weighted by atomic mass is 10.3. The molecule has 0 saturated heterocycles. The van der Waals surface area contributed by atoms with Crippen molar-refractivity contribution in [2.45, 2.75) is 33.4 Å². The summed E-state index contributed by atoms with van der Waals surface area (Å²) < 4.78 is 4.02. The van der Waals surface area contributed by atoms with Gasteiger partial charge in [-0.15, -0.1) is 0 Å². The first-order valence-electron chi connectivity index (χ1n) is 6.49. The Kier molecular flexibility index (Phi) is 5.52. The summed E-state index contributed by atoms with van der Waals surface area (Å²) in [5, 5.41) is 8.69. The number of nitrogens with one attached hydrogen (secondary N) is 1. The molecule has 2 aromatic rings. The Morgan fingerprint density at radius 3 is 2.70 bits per heavy atom. The van der Waals surface area contributed by atoms with Crippen LogP contribution >= 0.6 is 43.5 Å². The molecule has 6 heteroatoms. The third-order valence-electron chi connectivity index (χ3n) is 3.07. The van der Waals surface area contributed by atoms with Crippen LogP contribution in [0.5, 0.6) is 0 Å². The minimum atomic E-state index is 0.648. The van der Waals surface area contributed by atoms with Crippen molar-refractivity contribution < 1.29 is 0 Å². The molecule has 1 aromatic carbocycles. The molecule has 0 spiro atoms. The standard InChI is InChI=1S/C14H16Br2ClN3/c1-3-11-14(17)13(20(4-2)19-11)8-18-12-7-9(15)5-6-10(12)16/h5-7,18H,3-4,8H2,1-2H3. The van der Waals surface area contributed by atoms with Crippen molar-refractivity contribution in [2.24, 2.45) is 0 Å². The summed E-state index contributed by atoms with van der Waals surface area (Å²) in [6, 6.07) is 6.03. The van der Waals surface area contributed by atoms with E-state index in [1.54, 1.807) is 0 Å². The van der Waals surface area contributed by atoms with Crippen LogP contribution < -0.4 is 5.32 Å². The molecule has 0 fully saturated rings. The summed E-state index contributed by atoms with van der Waals surface area (Å²) in [4.78, 5) is 0. The minimum Gasteiger partial charge on any atom is -0.378 e. The topological polar surface area (TPSA) is 29.9 Å². The molecular formula is C14H16Br2ClN3. The van der Waals surface area contributed by atoms with E-state index in [4.69, 9.17) is 11.6 Å². The van der Waals surface area contributed by atoms with Crippen LogP contribution in [0.15, 0.2) is 27.1 Å². The quantitative estimate of drug-likeness (QED) is 0.714. The minimum absolute atomic E-state index is 0.648. The molecule has 1 N–H and O–H groups in total. The molecule has 0 aliphatic carbocycles. The van der Waals surface area contributed by atoms with Crippen LogP contribution in [-0.2, 0) is 19.5 Å². The van der Waals surface area contributed by atoms with Gasteiger partial charge in [0.2, 0.25) is 0 Å². The van der Waals surface area contributed by atoms with Gasteiger partial charge < -0.3 is 5.32 Å². The number of aromatic nitrogens is 2. The zero-order valence-corrected chi connectivity index (χ0v) is 15.3. The van der Waals surface area contributed by atoms with E-state index in [-0.39, 0.29) is 0 Å². The maximum atomic E-state index is 6.40. The molecule has 0 aliphatic rings. The summed E-state index contributed by atoms with van der Waals surface area (Å²) in [7, 11) is 0. The zero-order chi connectivity index (χ0) is 14.7. The van der Waals surface area contributed by atoms with E-state index in [0.29, 0.717) is 6.54 Å². The van der Waals surface area contributed by atoms with E-state index in [1.165, 1.54) is 0 Å². The highest BCUT2D eigenvalue weighted by molar-refractivity contribution is 9.11. The molecule has 3 nitrogen and oxygen atoms in total. The van der Waals surface area contributed by atoms with Crippen LogP contribution in [0.1, 0.15) is 25.2 Å². The Balaban J connectivity index is 2.22. The molecule has 108 valence electrons. The molecule has 2 rings (SSSR count). The van der Waals surface area contributed by atoms with Gasteiger partial charge in [-0.1, -0.05) is 34.5 Å². The van der Waals surface area contributed by atoms with Crippen LogP contribution in [0.2, 0.25) is 5.02 Å². The Hall–Kier alpha value is -0.520. The first-order chi connectivity index (χ1) is 9.56. The number of benzene rings is 1. The van der Waals surface area contributed by atoms with Crippen molar-refractivity contribution >= 4 is 49.1 Å². The average Bonchev–Trinajstić information content (AvgIpc) is 2.75. The highest BCUT2D eigenvalue weighted by Crippen LogP contribution is 2.28. The summed E-state index contributed by atoms with van der Waals surface area (Å²) in [5.41, 5.74) is 3.01. The van der Waals surface area contributed by atoms with Gasteiger partial charge in [-0.05, 0) is 47.5 Å². The third-order valence-corrected chi connectivity index (χ3v) is 4.69. The fourth-order valence-electron chi connectivity index (χ4n) is 2.00. The Morgan fingerprint density at radius 1 is 1.30 bits per heavy atom. The molecule has 0 saturated carbocycles. The van der Waals surface area contributed by atoms with Gasteiger partial charge in [0.15, 0.2) is 0 Å². The second-order valence-corrected chi connectivity index (χ2v) is 6.50. The third kappa shape index (κ3) is 3.38. The van der Waals surface area contributed by atoms with Crippen LogP contribution in [0.4, 0.5) is 5.69 Å². The number of hydrogen-bond acceptors (Lipinski definition) is 2. The second-order valence-electron chi connectivity index (χ2n) is 4.35. The van der Waals surface area contributed by atoms with Crippen LogP contribution in [0.25, 0.3) is 0 Å². The van der Waals surface area contributed by atoms with Gasteiger partial charge in [0.05, 0.1) is 23.0 Å². The van der Waals surface area contributed by atoms with Crippen LogP contribution in [0.3, 0.4) is 0 Å². The molecule has 0 radical (unpaired) electrons. The average molecular weight is 422 g/mol. The van der Waals surface area contributed by atoms with Crippen molar-refractivity contribution in [3.05, 3.63) is 43.6 Å². The molecule has 0 atom stereocenters. The number of hydrogen-bond donors (Lipinski definition) is 1.